The number of rotatable bonds is 6. The molecule has 0 aliphatic carbocycles. The van der Waals surface area contributed by atoms with Gasteiger partial charge in [0.25, 0.3) is 5.91 Å². The van der Waals surface area contributed by atoms with Crippen molar-refractivity contribution in [3.63, 3.8) is 0 Å². The topological polar surface area (TPSA) is 92.7 Å². The number of carbonyl (C=O) groups excluding carboxylic acids is 3. The third kappa shape index (κ3) is 4.40. The van der Waals surface area contributed by atoms with Crippen molar-refractivity contribution in [3.8, 4) is 11.4 Å². The molecule has 4 amide bonds. The van der Waals surface area contributed by atoms with Gasteiger partial charge in [-0.25, -0.2) is 9.69 Å². The molecule has 3 aromatic rings. The first kappa shape index (κ1) is 23.1. The molecule has 34 heavy (non-hydrogen) atoms. The van der Waals surface area contributed by atoms with Gasteiger partial charge >= 0.3 is 6.03 Å². The van der Waals surface area contributed by atoms with Gasteiger partial charge in [0, 0.05) is 11.4 Å². The Labute approximate surface area is 201 Å². The van der Waals surface area contributed by atoms with Gasteiger partial charge < -0.3 is 19.9 Å². The fourth-order valence-corrected chi connectivity index (χ4v) is 4.11. The molecule has 0 saturated carbocycles. The Balaban J connectivity index is 1.54. The van der Waals surface area contributed by atoms with Crippen molar-refractivity contribution in [2.45, 2.75) is 13.8 Å². The van der Waals surface area contributed by atoms with Gasteiger partial charge in [0.1, 0.15) is 18.0 Å². The first-order valence-electron chi connectivity index (χ1n) is 10.5. The molecule has 0 radical (unpaired) electrons. The molecular weight excluding hydrogens is 456 g/mol. The van der Waals surface area contributed by atoms with Crippen molar-refractivity contribution >= 4 is 41.2 Å². The zero-order valence-electron chi connectivity index (χ0n) is 18.9. The number of aryl methyl sites for hydroxylation is 1. The van der Waals surface area contributed by atoms with Crippen LogP contribution < -0.4 is 15.4 Å². The summed E-state index contributed by atoms with van der Waals surface area (Å²) in [5.41, 5.74) is 3.88. The molecule has 2 aromatic carbocycles. The number of anilines is 1. The number of carbonyl (C=O) groups is 3. The Kier molecular flexibility index (Phi) is 6.43. The fourth-order valence-electron chi connectivity index (χ4n) is 3.89. The van der Waals surface area contributed by atoms with E-state index in [1.54, 1.807) is 30.3 Å². The van der Waals surface area contributed by atoms with E-state index in [1.165, 1.54) is 7.11 Å². The molecule has 1 fully saturated rings. The Hall–Kier alpha value is -4.04. The second kappa shape index (κ2) is 9.44. The maximum atomic E-state index is 12.9. The molecule has 2 heterocycles. The molecule has 8 nitrogen and oxygen atoms in total. The van der Waals surface area contributed by atoms with Crippen LogP contribution in [0.1, 0.15) is 17.0 Å². The molecule has 0 atom stereocenters. The molecule has 9 heteroatoms. The van der Waals surface area contributed by atoms with E-state index in [-0.39, 0.29) is 5.70 Å². The summed E-state index contributed by atoms with van der Waals surface area (Å²) in [5.74, 6) is -0.628. The highest BCUT2D eigenvalue weighted by molar-refractivity contribution is 6.32. The highest BCUT2D eigenvalue weighted by Gasteiger charge is 2.35. The number of nitrogens with one attached hydrogen (secondary N) is 2. The molecule has 4 rings (SSSR count). The Morgan fingerprint density at radius 3 is 2.56 bits per heavy atom. The Morgan fingerprint density at radius 2 is 1.82 bits per heavy atom. The summed E-state index contributed by atoms with van der Waals surface area (Å²) >= 11 is 6.37. The number of para-hydroxylation sites is 3. The summed E-state index contributed by atoms with van der Waals surface area (Å²) in [6, 6.07) is 15.6. The van der Waals surface area contributed by atoms with Crippen LogP contribution in [0.5, 0.6) is 5.75 Å². The van der Waals surface area contributed by atoms with Crippen LogP contribution in [0, 0.1) is 13.8 Å². The monoisotopic (exact) mass is 478 g/mol. The van der Waals surface area contributed by atoms with Gasteiger partial charge in [-0.05, 0) is 55.8 Å². The van der Waals surface area contributed by atoms with E-state index in [0.29, 0.717) is 16.5 Å². The van der Waals surface area contributed by atoms with Gasteiger partial charge in [-0.2, -0.15) is 0 Å². The van der Waals surface area contributed by atoms with Crippen LogP contribution in [0.25, 0.3) is 11.8 Å². The van der Waals surface area contributed by atoms with Crippen molar-refractivity contribution in [1.29, 1.82) is 0 Å². The smallest absolute Gasteiger partial charge is 0.329 e. The maximum Gasteiger partial charge on any atom is 0.329 e. The van der Waals surface area contributed by atoms with Crippen LogP contribution in [-0.4, -0.2) is 41.0 Å². The molecule has 174 valence electrons. The summed E-state index contributed by atoms with van der Waals surface area (Å²) < 4.78 is 7.19. The second-order valence-corrected chi connectivity index (χ2v) is 8.15. The molecule has 0 bridgehead atoms. The van der Waals surface area contributed by atoms with E-state index in [1.807, 2.05) is 48.7 Å². The number of amides is 4. The quantitative estimate of drug-likeness (QED) is 0.408. The van der Waals surface area contributed by atoms with Crippen molar-refractivity contribution in [2.75, 3.05) is 19.0 Å². The predicted octanol–water partition coefficient (Wildman–Crippen LogP) is 4.29. The zero-order chi connectivity index (χ0) is 24.4. The largest absolute Gasteiger partial charge is 0.495 e. The van der Waals surface area contributed by atoms with Crippen molar-refractivity contribution in [2.24, 2.45) is 0 Å². The number of nitrogens with zero attached hydrogens (tertiary/aromatic N) is 2. The lowest BCUT2D eigenvalue weighted by molar-refractivity contribution is -0.127. The number of aromatic nitrogens is 1. The van der Waals surface area contributed by atoms with Crippen LogP contribution in [0.3, 0.4) is 0 Å². The van der Waals surface area contributed by atoms with Gasteiger partial charge in [-0.3, -0.25) is 9.59 Å². The standard InChI is InChI=1S/C25H23ClN4O4/c1-15-12-17(16(2)30(15)21-10-6-4-8-18(21)26)13-20-24(32)29(25(33)28-20)14-23(31)27-19-9-5-7-11-22(19)34-3/h4-13H,14H2,1-3H3,(H,27,31)(H,28,33)/b20-13+. The van der Waals surface area contributed by atoms with Crippen LogP contribution in [0.4, 0.5) is 10.5 Å². The van der Waals surface area contributed by atoms with Crippen LogP contribution in [0.15, 0.2) is 60.3 Å². The van der Waals surface area contributed by atoms with Crippen molar-refractivity contribution < 1.29 is 19.1 Å². The first-order chi connectivity index (χ1) is 16.3. The van der Waals surface area contributed by atoms with E-state index in [9.17, 15) is 14.4 Å². The minimum Gasteiger partial charge on any atom is -0.495 e. The predicted molar refractivity (Wildman–Crippen MR) is 130 cm³/mol. The molecule has 1 saturated heterocycles. The third-order valence-electron chi connectivity index (χ3n) is 5.51. The van der Waals surface area contributed by atoms with Gasteiger partial charge in [0.05, 0.1) is 23.5 Å². The van der Waals surface area contributed by atoms with Gasteiger partial charge in [0.2, 0.25) is 5.91 Å². The van der Waals surface area contributed by atoms with Gasteiger partial charge in [-0.15, -0.1) is 0 Å². The minimum atomic E-state index is -0.661. The second-order valence-electron chi connectivity index (χ2n) is 7.74. The summed E-state index contributed by atoms with van der Waals surface area (Å²) in [5, 5.41) is 5.82. The average molecular weight is 479 g/mol. The summed E-state index contributed by atoms with van der Waals surface area (Å²) in [6.45, 7) is 3.41. The number of urea groups is 1. The van der Waals surface area contributed by atoms with Crippen molar-refractivity contribution in [1.82, 2.24) is 14.8 Å². The number of imide groups is 1. The molecule has 2 N–H and O–H groups in total. The first-order valence-corrected chi connectivity index (χ1v) is 10.9. The number of hydrogen-bond donors (Lipinski definition) is 2. The maximum absolute atomic E-state index is 12.9. The van der Waals surface area contributed by atoms with Crippen LogP contribution in [-0.2, 0) is 9.59 Å². The van der Waals surface area contributed by atoms with Crippen LogP contribution >= 0.6 is 11.6 Å². The molecule has 1 aliphatic rings. The third-order valence-corrected chi connectivity index (χ3v) is 5.83. The lowest BCUT2D eigenvalue weighted by Crippen LogP contribution is -2.38. The number of benzene rings is 2. The van der Waals surface area contributed by atoms with E-state index >= 15 is 0 Å². The highest BCUT2D eigenvalue weighted by atomic mass is 35.5. The van der Waals surface area contributed by atoms with Crippen molar-refractivity contribution in [3.05, 3.63) is 82.3 Å². The Bertz CT molecular complexity index is 1330. The fraction of sp³-hybridized carbons (Fsp3) is 0.160. The molecule has 0 unspecified atom stereocenters. The summed E-state index contributed by atoms with van der Waals surface area (Å²) in [7, 11) is 1.49. The number of hydrogen-bond acceptors (Lipinski definition) is 4. The van der Waals surface area contributed by atoms with Gasteiger partial charge in [0.15, 0.2) is 0 Å². The summed E-state index contributed by atoms with van der Waals surface area (Å²) in [4.78, 5) is 38.7. The van der Waals surface area contributed by atoms with E-state index in [2.05, 4.69) is 10.6 Å². The molecule has 0 spiro atoms. The summed E-state index contributed by atoms with van der Waals surface area (Å²) in [6.07, 6.45) is 1.61. The molecule has 1 aromatic heterocycles. The van der Waals surface area contributed by atoms with E-state index in [0.717, 1.165) is 27.5 Å². The highest BCUT2D eigenvalue weighted by Crippen LogP contribution is 2.28. The lowest BCUT2D eigenvalue weighted by Gasteiger charge is -2.13. The normalized spacial score (nSPS) is 14.5. The molecular formula is C25H23ClN4O4. The number of halogens is 1. The molecule has 1 aliphatic heterocycles. The number of ether oxygens (including phenoxy) is 1. The Morgan fingerprint density at radius 1 is 1.12 bits per heavy atom. The van der Waals surface area contributed by atoms with Crippen LogP contribution in [0.2, 0.25) is 5.02 Å². The van der Waals surface area contributed by atoms with E-state index < -0.39 is 24.4 Å². The number of methoxy groups -OCH3 is 1. The van der Waals surface area contributed by atoms with Gasteiger partial charge in [-0.1, -0.05) is 35.9 Å². The average Bonchev–Trinajstić information content (AvgIpc) is 3.23. The zero-order valence-corrected chi connectivity index (χ0v) is 19.6. The lowest BCUT2D eigenvalue weighted by atomic mass is 10.2. The minimum absolute atomic E-state index is 0.0921. The van der Waals surface area contributed by atoms with E-state index in [4.69, 9.17) is 16.3 Å². The SMILES string of the molecule is COc1ccccc1NC(=O)CN1C(=O)N/C(=C/c2cc(C)n(-c3ccccc3Cl)c2C)C1=O.